The second-order valence-electron chi connectivity index (χ2n) is 5.65. The number of piperidine rings is 1. The van der Waals surface area contributed by atoms with Gasteiger partial charge in [0.2, 0.25) is 15.9 Å². The van der Waals surface area contributed by atoms with Crippen LogP contribution in [0.15, 0.2) is 12.1 Å². The molecule has 1 amide bonds. The number of carbonyl (C=O) groups excluding carboxylic acids is 1. The van der Waals surface area contributed by atoms with Gasteiger partial charge in [-0.25, -0.2) is 21.6 Å². The molecule has 0 spiro atoms. The molecule has 1 unspecified atom stereocenters. The van der Waals surface area contributed by atoms with Gasteiger partial charge in [0.05, 0.1) is 11.4 Å². The van der Waals surface area contributed by atoms with Gasteiger partial charge < -0.3 is 5.32 Å². The fourth-order valence-corrected chi connectivity index (χ4v) is 4.46. The van der Waals surface area contributed by atoms with Gasteiger partial charge in [-0.3, -0.25) is 4.79 Å². The molecule has 1 fully saturated rings. The minimum Gasteiger partial charge on any atom is -0.322 e. The third kappa shape index (κ3) is 3.89. The summed E-state index contributed by atoms with van der Waals surface area (Å²) in [6.07, 6.45) is 1.98. The molecule has 0 radical (unpaired) electrons. The summed E-state index contributed by atoms with van der Waals surface area (Å²) in [7, 11) is -3.60. The smallest absolute Gasteiger partial charge is 0.242 e. The van der Waals surface area contributed by atoms with E-state index in [9.17, 15) is 26.4 Å². The van der Waals surface area contributed by atoms with E-state index in [-0.39, 0.29) is 12.3 Å². The molecular weight excluding hydrogens is 345 g/mol. The van der Waals surface area contributed by atoms with Crippen molar-refractivity contribution in [3.8, 4) is 0 Å². The van der Waals surface area contributed by atoms with E-state index in [1.807, 2.05) is 0 Å². The molecule has 1 aliphatic heterocycles. The van der Waals surface area contributed by atoms with Crippen molar-refractivity contribution < 1.29 is 26.4 Å². The van der Waals surface area contributed by atoms with Gasteiger partial charge in [0, 0.05) is 6.54 Å². The van der Waals surface area contributed by atoms with Crippen molar-refractivity contribution in [2.75, 3.05) is 17.6 Å². The minimum absolute atomic E-state index is 0.0870. The monoisotopic (exact) mass is 364 g/mol. The first-order chi connectivity index (χ1) is 11.3. The number of sulfonamides is 1. The Morgan fingerprint density at radius 2 is 1.96 bits per heavy atom. The van der Waals surface area contributed by atoms with Crippen LogP contribution in [0.3, 0.4) is 0 Å². The van der Waals surface area contributed by atoms with Gasteiger partial charge in [0.1, 0.15) is 6.04 Å². The number of halogens is 3. The topological polar surface area (TPSA) is 66.5 Å². The lowest BCUT2D eigenvalue weighted by Gasteiger charge is -2.33. The van der Waals surface area contributed by atoms with E-state index in [4.69, 9.17) is 0 Å². The third-order valence-electron chi connectivity index (χ3n) is 3.87. The Labute approximate surface area is 138 Å². The van der Waals surface area contributed by atoms with Crippen molar-refractivity contribution in [2.45, 2.75) is 38.6 Å². The summed E-state index contributed by atoms with van der Waals surface area (Å²) < 4.78 is 65.5. The highest BCUT2D eigenvalue weighted by Gasteiger charge is 2.36. The van der Waals surface area contributed by atoms with Crippen LogP contribution in [0.5, 0.6) is 0 Å². The van der Waals surface area contributed by atoms with Crippen LogP contribution in [0.4, 0.5) is 18.9 Å². The van der Waals surface area contributed by atoms with E-state index in [0.29, 0.717) is 31.7 Å². The standard InChI is InChI=1S/C15H19F3N2O3S/c1-2-9-24(22,23)20-8-4-3-5-12(20)15(21)19-11-7-6-10(16)13(17)14(11)18/h6-7,12H,2-5,8-9H2,1H3,(H,19,21). The van der Waals surface area contributed by atoms with Crippen molar-refractivity contribution in [1.29, 1.82) is 0 Å². The number of anilines is 1. The fourth-order valence-electron chi connectivity index (χ4n) is 2.71. The lowest BCUT2D eigenvalue weighted by Crippen LogP contribution is -2.50. The van der Waals surface area contributed by atoms with Crippen LogP contribution in [0.25, 0.3) is 0 Å². The van der Waals surface area contributed by atoms with Gasteiger partial charge in [-0.05, 0) is 31.4 Å². The van der Waals surface area contributed by atoms with E-state index >= 15 is 0 Å². The number of hydrogen-bond donors (Lipinski definition) is 1. The molecule has 1 aliphatic rings. The summed E-state index contributed by atoms with van der Waals surface area (Å²) in [5.41, 5.74) is -0.516. The highest BCUT2D eigenvalue weighted by atomic mass is 32.2. The molecule has 1 N–H and O–H groups in total. The molecule has 5 nitrogen and oxygen atoms in total. The predicted molar refractivity (Wildman–Crippen MR) is 83.4 cm³/mol. The second-order valence-corrected chi connectivity index (χ2v) is 7.69. The fraction of sp³-hybridized carbons (Fsp3) is 0.533. The maximum Gasteiger partial charge on any atom is 0.242 e. The number of nitrogens with zero attached hydrogens (tertiary/aromatic N) is 1. The van der Waals surface area contributed by atoms with Gasteiger partial charge in [0.25, 0.3) is 0 Å². The zero-order valence-electron chi connectivity index (χ0n) is 13.2. The summed E-state index contributed by atoms with van der Waals surface area (Å²) in [5.74, 6) is -5.40. The first kappa shape index (κ1) is 18.7. The molecule has 1 aromatic rings. The quantitative estimate of drug-likeness (QED) is 0.817. The second kappa shape index (κ2) is 7.52. The number of carbonyl (C=O) groups is 1. The normalized spacial score (nSPS) is 19.2. The minimum atomic E-state index is -3.60. The molecule has 0 saturated carbocycles. The Morgan fingerprint density at radius 3 is 2.62 bits per heavy atom. The average Bonchev–Trinajstić information content (AvgIpc) is 2.55. The van der Waals surface area contributed by atoms with Crippen molar-refractivity contribution in [3.05, 3.63) is 29.6 Å². The van der Waals surface area contributed by atoms with E-state index < -0.39 is 45.1 Å². The van der Waals surface area contributed by atoms with Crippen LogP contribution in [-0.4, -0.2) is 37.0 Å². The zero-order chi connectivity index (χ0) is 17.9. The highest BCUT2D eigenvalue weighted by Crippen LogP contribution is 2.24. The number of amides is 1. The maximum atomic E-state index is 13.7. The molecule has 0 aromatic heterocycles. The Kier molecular flexibility index (Phi) is 5.87. The molecule has 0 bridgehead atoms. The molecule has 1 saturated heterocycles. The van der Waals surface area contributed by atoms with Gasteiger partial charge in [0.15, 0.2) is 17.5 Å². The van der Waals surface area contributed by atoms with E-state index in [0.717, 1.165) is 10.4 Å². The SMILES string of the molecule is CCCS(=O)(=O)N1CCCCC1C(=O)Nc1ccc(F)c(F)c1F. The lowest BCUT2D eigenvalue weighted by molar-refractivity contribution is -0.120. The lowest BCUT2D eigenvalue weighted by atomic mass is 10.0. The maximum absolute atomic E-state index is 13.7. The van der Waals surface area contributed by atoms with Crippen molar-refractivity contribution in [2.24, 2.45) is 0 Å². The van der Waals surface area contributed by atoms with Crippen molar-refractivity contribution >= 4 is 21.6 Å². The first-order valence-electron chi connectivity index (χ1n) is 7.71. The summed E-state index contributed by atoms with van der Waals surface area (Å²) in [4.78, 5) is 12.4. The number of hydrogen-bond acceptors (Lipinski definition) is 3. The van der Waals surface area contributed by atoms with Gasteiger partial charge in [-0.1, -0.05) is 13.3 Å². The number of nitrogens with one attached hydrogen (secondary N) is 1. The van der Waals surface area contributed by atoms with Crippen LogP contribution < -0.4 is 5.32 Å². The van der Waals surface area contributed by atoms with Gasteiger partial charge in [-0.2, -0.15) is 4.31 Å². The molecule has 1 atom stereocenters. The first-order valence-corrected chi connectivity index (χ1v) is 9.32. The Balaban J connectivity index is 2.22. The summed E-state index contributed by atoms with van der Waals surface area (Å²) >= 11 is 0. The van der Waals surface area contributed by atoms with Crippen LogP contribution in [0.1, 0.15) is 32.6 Å². The van der Waals surface area contributed by atoms with Crippen LogP contribution in [0.2, 0.25) is 0 Å². The Morgan fingerprint density at radius 1 is 1.25 bits per heavy atom. The summed E-state index contributed by atoms with van der Waals surface area (Å²) in [5, 5.41) is 2.17. The summed E-state index contributed by atoms with van der Waals surface area (Å²) in [6.45, 7) is 1.92. The molecular formula is C15H19F3N2O3S. The molecule has 134 valence electrons. The van der Waals surface area contributed by atoms with Gasteiger partial charge >= 0.3 is 0 Å². The Hall–Kier alpha value is -1.61. The average molecular weight is 364 g/mol. The van der Waals surface area contributed by atoms with E-state index in [2.05, 4.69) is 5.32 Å². The third-order valence-corrected chi connectivity index (χ3v) is 5.94. The van der Waals surface area contributed by atoms with E-state index in [1.54, 1.807) is 6.92 Å². The number of rotatable bonds is 5. The molecule has 24 heavy (non-hydrogen) atoms. The van der Waals surface area contributed by atoms with Crippen LogP contribution >= 0.6 is 0 Å². The van der Waals surface area contributed by atoms with Crippen molar-refractivity contribution in [3.63, 3.8) is 0 Å². The highest BCUT2D eigenvalue weighted by molar-refractivity contribution is 7.89. The zero-order valence-corrected chi connectivity index (χ0v) is 14.0. The molecule has 1 heterocycles. The molecule has 2 rings (SSSR count). The van der Waals surface area contributed by atoms with Crippen molar-refractivity contribution in [1.82, 2.24) is 4.31 Å². The summed E-state index contributed by atoms with van der Waals surface area (Å²) in [6, 6.07) is 0.614. The number of benzene rings is 1. The predicted octanol–water partition coefficient (Wildman–Crippen LogP) is 2.64. The van der Waals surface area contributed by atoms with Crippen LogP contribution in [0, 0.1) is 17.5 Å². The van der Waals surface area contributed by atoms with Crippen LogP contribution in [-0.2, 0) is 14.8 Å². The van der Waals surface area contributed by atoms with Gasteiger partial charge in [-0.15, -0.1) is 0 Å². The Bertz CT molecular complexity index is 725. The molecule has 1 aromatic carbocycles. The van der Waals surface area contributed by atoms with E-state index in [1.165, 1.54) is 0 Å². The largest absolute Gasteiger partial charge is 0.322 e. The molecule has 0 aliphatic carbocycles. The molecule has 9 heteroatoms.